The highest BCUT2D eigenvalue weighted by Crippen LogP contribution is 2.45. The molecule has 0 amide bonds. The van der Waals surface area contributed by atoms with E-state index in [2.05, 4.69) is 206 Å². The lowest BCUT2D eigenvalue weighted by molar-refractivity contribution is 1.58. The Morgan fingerprint density at radius 1 is 0.192 bits per heavy atom. The minimum absolute atomic E-state index is 1.21. The minimum Gasteiger partial charge on any atom is -0.0622 e. The number of fused-ring (bicyclic) bond motifs is 5. The monoisotopic (exact) mass is 658 g/mol. The van der Waals surface area contributed by atoms with Gasteiger partial charge in [-0.15, -0.1) is 0 Å². The van der Waals surface area contributed by atoms with Crippen LogP contribution in [0, 0.1) is 0 Å². The molecule has 0 nitrogen and oxygen atoms in total. The van der Waals surface area contributed by atoms with E-state index in [1.807, 2.05) is 0 Å². The largest absolute Gasteiger partial charge is 0.0622 e. The minimum atomic E-state index is 1.21. The number of benzene rings is 10. The average molecular weight is 659 g/mol. The molecule has 10 aromatic rings. The molecule has 0 aliphatic rings. The molecule has 0 atom stereocenters. The summed E-state index contributed by atoms with van der Waals surface area (Å²) in [5.74, 6) is 0. The van der Waals surface area contributed by atoms with Gasteiger partial charge in [0.15, 0.2) is 0 Å². The van der Waals surface area contributed by atoms with Gasteiger partial charge < -0.3 is 0 Å². The lowest BCUT2D eigenvalue weighted by atomic mass is 9.85. The fraction of sp³-hybridized carbons (Fsp3) is 0. The molecule has 0 heteroatoms. The van der Waals surface area contributed by atoms with Crippen LogP contribution in [0.25, 0.3) is 98.7 Å². The molecule has 0 radical (unpaired) electrons. The molecule has 52 heavy (non-hydrogen) atoms. The van der Waals surface area contributed by atoms with E-state index in [9.17, 15) is 0 Å². The Balaban J connectivity index is 1.13. The Morgan fingerprint density at radius 2 is 0.596 bits per heavy atom. The summed E-state index contributed by atoms with van der Waals surface area (Å²) < 4.78 is 0. The number of hydrogen-bond donors (Lipinski definition) is 0. The molecule has 0 fully saturated rings. The topological polar surface area (TPSA) is 0 Å². The fourth-order valence-electron chi connectivity index (χ4n) is 8.22. The molecule has 0 saturated carbocycles. The highest BCUT2D eigenvalue weighted by atomic mass is 14.2. The van der Waals surface area contributed by atoms with Crippen molar-refractivity contribution in [3.05, 3.63) is 206 Å². The number of rotatable bonds is 5. The molecule has 0 unspecified atom stereocenters. The van der Waals surface area contributed by atoms with Crippen molar-refractivity contribution in [1.29, 1.82) is 0 Å². The Morgan fingerprint density at radius 3 is 1.23 bits per heavy atom. The lowest BCUT2D eigenvalue weighted by Crippen LogP contribution is -1.91. The molecule has 0 aliphatic carbocycles. The molecule has 0 aliphatic heterocycles. The van der Waals surface area contributed by atoms with Crippen LogP contribution < -0.4 is 0 Å². The molecular formula is C52H34. The average Bonchev–Trinajstić information content (AvgIpc) is 3.23. The van der Waals surface area contributed by atoms with E-state index in [-0.39, 0.29) is 0 Å². The van der Waals surface area contributed by atoms with E-state index in [1.54, 1.807) is 0 Å². The van der Waals surface area contributed by atoms with Crippen LogP contribution in [0.4, 0.5) is 0 Å². The predicted octanol–water partition coefficient (Wildman–Crippen LogP) is 14.6. The van der Waals surface area contributed by atoms with Crippen LogP contribution >= 0.6 is 0 Å². The van der Waals surface area contributed by atoms with E-state index in [4.69, 9.17) is 0 Å². The summed E-state index contributed by atoms with van der Waals surface area (Å²) >= 11 is 0. The third-order valence-corrected chi connectivity index (χ3v) is 10.6. The Bertz CT molecular complexity index is 2880. The van der Waals surface area contributed by atoms with Crippen molar-refractivity contribution in [3.8, 4) is 55.6 Å². The van der Waals surface area contributed by atoms with Gasteiger partial charge in [0.2, 0.25) is 0 Å². The Kier molecular flexibility index (Phi) is 7.25. The first-order valence-electron chi connectivity index (χ1n) is 18.0. The van der Waals surface area contributed by atoms with Crippen molar-refractivity contribution >= 4 is 43.1 Å². The maximum atomic E-state index is 2.39. The smallest absolute Gasteiger partial charge is 0.00262 e. The molecule has 0 saturated heterocycles. The fourth-order valence-corrected chi connectivity index (χ4v) is 8.22. The second kappa shape index (κ2) is 12.5. The van der Waals surface area contributed by atoms with Crippen molar-refractivity contribution in [2.45, 2.75) is 0 Å². The van der Waals surface area contributed by atoms with Gasteiger partial charge in [-0.25, -0.2) is 0 Å². The first-order valence-corrected chi connectivity index (χ1v) is 18.0. The van der Waals surface area contributed by atoms with Crippen LogP contribution in [0.3, 0.4) is 0 Å². The molecule has 10 rings (SSSR count). The van der Waals surface area contributed by atoms with Crippen LogP contribution in [0.1, 0.15) is 0 Å². The molecule has 0 N–H and O–H groups in total. The summed E-state index contributed by atoms with van der Waals surface area (Å²) in [6.07, 6.45) is 0. The maximum Gasteiger partial charge on any atom is -0.00262 e. The van der Waals surface area contributed by atoms with E-state index in [1.165, 1.54) is 98.7 Å². The maximum absolute atomic E-state index is 2.39. The van der Waals surface area contributed by atoms with Gasteiger partial charge in [0, 0.05) is 0 Å². The van der Waals surface area contributed by atoms with E-state index in [0.29, 0.717) is 0 Å². The predicted molar refractivity (Wildman–Crippen MR) is 224 cm³/mol. The van der Waals surface area contributed by atoms with Gasteiger partial charge in [-0.1, -0.05) is 188 Å². The second-order valence-corrected chi connectivity index (χ2v) is 13.6. The van der Waals surface area contributed by atoms with Gasteiger partial charge >= 0.3 is 0 Å². The zero-order chi connectivity index (χ0) is 34.4. The van der Waals surface area contributed by atoms with Crippen molar-refractivity contribution in [3.63, 3.8) is 0 Å². The molecule has 242 valence electrons. The van der Waals surface area contributed by atoms with E-state index in [0.717, 1.165) is 0 Å². The third-order valence-electron chi connectivity index (χ3n) is 10.6. The van der Waals surface area contributed by atoms with Gasteiger partial charge in [0.25, 0.3) is 0 Å². The van der Waals surface area contributed by atoms with Gasteiger partial charge in [-0.3, -0.25) is 0 Å². The summed E-state index contributed by atoms with van der Waals surface area (Å²) in [5, 5.41) is 10.2. The van der Waals surface area contributed by atoms with Crippen molar-refractivity contribution in [2.75, 3.05) is 0 Å². The normalized spacial score (nSPS) is 11.5. The third kappa shape index (κ3) is 5.08. The first-order chi connectivity index (χ1) is 25.8. The zero-order valence-electron chi connectivity index (χ0n) is 28.6. The summed E-state index contributed by atoms with van der Waals surface area (Å²) in [6.45, 7) is 0. The van der Waals surface area contributed by atoms with Crippen molar-refractivity contribution in [2.24, 2.45) is 0 Å². The van der Waals surface area contributed by atoms with Crippen molar-refractivity contribution in [1.82, 2.24) is 0 Å². The van der Waals surface area contributed by atoms with Gasteiger partial charge in [0.05, 0.1) is 0 Å². The van der Waals surface area contributed by atoms with Crippen LogP contribution in [-0.2, 0) is 0 Å². The molecular weight excluding hydrogens is 625 g/mol. The molecule has 10 aromatic carbocycles. The van der Waals surface area contributed by atoms with Crippen LogP contribution in [0.5, 0.6) is 0 Å². The van der Waals surface area contributed by atoms with Gasteiger partial charge in [-0.2, -0.15) is 0 Å². The standard InChI is InChI=1S/C52H34/c1-2-14-35(15-3-1)38-17-12-18-39(32-38)36-28-30-37(31-29-36)51-46-24-8-10-26-48(46)52(49-27-11-9-25-47(49)51)42-20-13-19-40(33-42)50-34-41-16-4-5-21-43(41)44-22-6-7-23-45(44)50/h1-34H. The Labute approximate surface area is 303 Å². The molecule has 0 heterocycles. The summed E-state index contributed by atoms with van der Waals surface area (Å²) in [7, 11) is 0. The quantitative estimate of drug-likeness (QED) is 0.128. The molecule has 0 bridgehead atoms. The lowest BCUT2D eigenvalue weighted by Gasteiger charge is -2.19. The van der Waals surface area contributed by atoms with E-state index < -0.39 is 0 Å². The highest BCUT2D eigenvalue weighted by molar-refractivity contribution is 6.22. The second-order valence-electron chi connectivity index (χ2n) is 13.6. The number of hydrogen-bond acceptors (Lipinski definition) is 0. The molecule has 0 spiro atoms. The SMILES string of the molecule is c1ccc(-c2cccc(-c3ccc(-c4c5ccccc5c(-c5cccc(-c6cc7ccccc7c7ccccc67)c5)c5ccccc45)cc3)c2)cc1. The van der Waals surface area contributed by atoms with Crippen molar-refractivity contribution < 1.29 is 0 Å². The molecule has 0 aromatic heterocycles. The van der Waals surface area contributed by atoms with Gasteiger partial charge in [0.1, 0.15) is 0 Å². The van der Waals surface area contributed by atoms with Crippen LogP contribution in [0.2, 0.25) is 0 Å². The van der Waals surface area contributed by atoms with Gasteiger partial charge in [-0.05, 0) is 117 Å². The zero-order valence-corrected chi connectivity index (χ0v) is 28.6. The Hall–Kier alpha value is -6.76. The summed E-state index contributed by atoms with van der Waals surface area (Å²) in [4.78, 5) is 0. The first kappa shape index (κ1) is 30.1. The summed E-state index contributed by atoms with van der Waals surface area (Å²) in [5.41, 5.74) is 12.4. The van der Waals surface area contributed by atoms with Crippen LogP contribution in [0.15, 0.2) is 206 Å². The summed E-state index contributed by atoms with van der Waals surface area (Å²) in [6, 6.07) is 75.5. The van der Waals surface area contributed by atoms with E-state index >= 15 is 0 Å². The highest BCUT2D eigenvalue weighted by Gasteiger charge is 2.18. The van der Waals surface area contributed by atoms with Crippen LogP contribution in [-0.4, -0.2) is 0 Å².